The Morgan fingerprint density at radius 2 is 1.78 bits per heavy atom. The molecule has 5 aliphatic rings. The first kappa shape index (κ1) is 37.4. The number of aromatic nitrogens is 3. The average molecular weight is 792 g/mol. The molecular formula is C41H42FN9O7. The first-order valence-corrected chi connectivity index (χ1v) is 19.6. The summed E-state index contributed by atoms with van der Waals surface area (Å²) in [6.07, 6.45) is 6.49. The predicted molar refractivity (Wildman–Crippen MR) is 206 cm³/mol. The minimum Gasteiger partial charge on any atom is -0.489 e. The van der Waals surface area contributed by atoms with E-state index in [0.717, 1.165) is 23.3 Å². The Kier molecular flexibility index (Phi) is 9.21. The predicted octanol–water partition coefficient (Wildman–Crippen LogP) is 3.21. The lowest BCUT2D eigenvalue weighted by atomic mass is 9.90. The van der Waals surface area contributed by atoms with E-state index >= 15 is 4.39 Å². The van der Waals surface area contributed by atoms with Gasteiger partial charge in [0.05, 0.1) is 42.2 Å². The van der Waals surface area contributed by atoms with Crippen LogP contribution >= 0.6 is 0 Å². The van der Waals surface area contributed by atoms with E-state index in [1.54, 1.807) is 42.7 Å². The topological polar surface area (TPSA) is 179 Å². The van der Waals surface area contributed by atoms with Gasteiger partial charge in [0.15, 0.2) is 5.65 Å². The van der Waals surface area contributed by atoms with Crippen molar-refractivity contribution >= 4 is 52.5 Å². The minimum absolute atomic E-state index is 0.00681. The zero-order valence-corrected chi connectivity index (χ0v) is 32.1. The monoisotopic (exact) mass is 791 g/mol. The van der Waals surface area contributed by atoms with Crippen molar-refractivity contribution in [2.75, 3.05) is 42.9 Å². The molecule has 5 aliphatic heterocycles. The van der Waals surface area contributed by atoms with Crippen LogP contribution in [0.5, 0.6) is 5.75 Å². The second kappa shape index (κ2) is 14.3. The highest BCUT2D eigenvalue weighted by atomic mass is 19.1. The van der Waals surface area contributed by atoms with Gasteiger partial charge in [0.1, 0.15) is 23.0 Å². The molecule has 0 aliphatic carbocycles. The van der Waals surface area contributed by atoms with Gasteiger partial charge in [-0.25, -0.2) is 13.9 Å². The third kappa shape index (κ3) is 6.62. The molecule has 0 radical (unpaired) electrons. The highest BCUT2D eigenvalue weighted by Gasteiger charge is 2.47. The van der Waals surface area contributed by atoms with Crippen molar-refractivity contribution in [3.05, 3.63) is 82.8 Å². The molecule has 1 atom stereocenters. The van der Waals surface area contributed by atoms with E-state index < -0.39 is 41.2 Å². The third-order valence-electron chi connectivity index (χ3n) is 11.8. The molecule has 4 aromatic rings. The average Bonchev–Trinajstić information content (AvgIpc) is 3.84. The molecule has 9 rings (SSSR count). The fourth-order valence-electron chi connectivity index (χ4n) is 8.73. The van der Waals surface area contributed by atoms with Crippen LogP contribution in [0.25, 0.3) is 5.65 Å². The number of piperidine rings is 2. The number of benzene rings is 2. The number of imide groups is 2. The standard InChI is InChI=1S/C41H42FN9O7/c1-23(2)58-33-18-28-24(16-31(33)45-36(53)30-19-44-50-12-3-11-43-35(30)50)20-49(38(28)55)25-8-13-47(14-9-25)15-10-41(42)21-48(22-41)26-4-5-27-29(17-26)40(57)51(39(27)56)32-6-7-34(52)46-37(32)54/h3-5,11-12,16-19,23,25,32H,6-10,13-15,20-22H2,1-2H3,(H,45,53)(H,46,52,54). The Morgan fingerprint density at radius 1 is 1.00 bits per heavy atom. The molecule has 300 valence electrons. The summed E-state index contributed by atoms with van der Waals surface area (Å²) < 4.78 is 23.5. The number of nitrogens with zero attached hydrogens (tertiary/aromatic N) is 7. The van der Waals surface area contributed by atoms with E-state index in [9.17, 15) is 28.8 Å². The van der Waals surface area contributed by atoms with Gasteiger partial charge < -0.3 is 24.8 Å². The summed E-state index contributed by atoms with van der Waals surface area (Å²) in [6.45, 7) is 6.44. The van der Waals surface area contributed by atoms with E-state index in [1.807, 2.05) is 29.7 Å². The number of carbonyl (C=O) groups is 6. The van der Waals surface area contributed by atoms with Crippen LogP contribution in [0.2, 0.25) is 0 Å². The maximum Gasteiger partial charge on any atom is 0.262 e. The SMILES string of the molecule is CC(C)Oc1cc2c(cc1NC(=O)c1cnn3cccnc13)CN(C1CCN(CCC3(F)CN(c4ccc5c(c4)C(=O)N(C4CCC(=O)NC4=O)C5=O)C3)CC1)C2=O. The number of ether oxygens (including phenoxy) is 1. The molecule has 7 heterocycles. The maximum absolute atomic E-state index is 15.9. The molecule has 2 aromatic heterocycles. The summed E-state index contributed by atoms with van der Waals surface area (Å²) in [4.78, 5) is 88.7. The number of alkyl halides is 1. The Balaban J connectivity index is 0.783. The van der Waals surface area contributed by atoms with E-state index in [2.05, 4.69) is 25.6 Å². The van der Waals surface area contributed by atoms with Gasteiger partial charge >= 0.3 is 0 Å². The van der Waals surface area contributed by atoms with Gasteiger partial charge in [-0.2, -0.15) is 5.10 Å². The van der Waals surface area contributed by atoms with Crippen LogP contribution in [0.1, 0.15) is 92.9 Å². The number of carbonyl (C=O) groups excluding carboxylic acids is 6. The van der Waals surface area contributed by atoms with Crippen molar-refractivity contribution in [1.82, 2.24) is 34.6 Å². The van der Waals surface area contributed by atoms with Crippen molar-refractivity contribution < 1.29 is 37.9 Å². The van der Waals surface area contributed by atoms with Crippen LogP contribution in [-0.2, 0) is 16.1 Å². The van der Waals surface area contributed by atoms with Gasteiger partial charge in [0.2, 0.25) is 11.8 Å². The smallest absolute Gasteiger partial charge is 0.262 e. The zero-order chi connectivity index (χ0) is 40.5. The fourth-order valence-corrected chi connectivity index (χ4v) is 8.73. The first-order valence-electron chi connectivity index (χ1n) is 19.6. The van der Waals surface area contributed by atoms with Gasteiger partial charge in [0.25, 0.3) is 23.6 Å². The van der Waals surface area contributed by atoms with Gasteiger partial charge in [0, 0.05) is 62.3 Å². The summed E-state index contributed by atoms with van der Waals surface area (Å²) in [5, 5.41) is 9.37. The Labute approximate surface area is 332 Å². The van der Waals surface area contributed by atoms with Crippen LogP contribution in [0, 0.1) is 0 Å². The molecule has 17 heteroatoms. The number of likely N-dealkylation sites (tertiary alicyclic amines) is 1. The third-order valence-corrected chi connectivity index (χ3v) is 11.8. The van der Waals surface area contributed by atoms with Crippen LogP contribution in [0.4, 0.5) is 15.8 Å². The van der Waals surface area contributed by atoms with E-state index in [4.69, 9.17) is 4.74 Å². The molecule has 2 aromatic carbocycles. The van der Waals surface area contributed by atoms with Crippen LogP contribution < -0.4 is 20.3 Å². The number of hydrogen-bond acceptors (Lipinski definition) is 11. The van der Waals surface area contributed by atoms with Crippen LogP contribution in [-0.4, -0.2) is 121 Å². The molecule has 1 unspecified atom stereocenters. The van der Waals surface area contributed by atoms with Crippen LogP contribution in [0.3, 0.4) is 0 Å². The minimum atomic E-state index is -1.42. The second-order valence-corrected chi connectivity index (χ2v) is 16.0. The van der Waals surface area contributed by atoms with Crippen molar-refractivity contribution in [3.8, 4) is 5.75 Å². The molecule has 0 bridgehead atoms. The summed E-state index contributed by atoms with van der Waals surface area (Å²) in [5.41, 5.74) is 2.10. The number of amides is 6. The molecule has 0 saturated carbocycles. The van der Waals surface area contributed by atoms with Crippen molar-refractivity contribution in [2.45, 2.75) is 76.4 Å². The van der Waals surface area contributed by atoms with Crippen molar-refractivity contribution in [3.63, 3.8) is 0 Å². The van der Waals surface area contributed by atoms with Gasteiger partial charge in [-0.1, -0.05) is 0 Å². The number of halogens is 1. The molecular weight excluding hydrogens is 750 g/mol. The molecule has 0 spiro atoms. The quantitative estimate of drug-likeness (QED) is 0.226. The maximum atomic E-state index is 15.9. The van der Waals surface area contributed by atoms with Gasteiger partial charge in [-0.05, 0) is 81.5 Å². The summed E-state index contributed by atoms with van der Waals surface area (Å²) in [5.74, 6) is -2.34. The molecule has 3 saturated heterocycles. The molecule has 6 amide bonds. The zero-order valence-electron chi connectivity index (χ0n) is 32.1. The summed E-state index contributed by atoms with van der Waals surface area (Å²) in [6, 6.07) is 9.04. The van der Waals surface area contributed by atoms with E-state index in [0.29, 0.717) is 66.5 Å². The number of hydrogen-bond donors (Lipinski definition) is 2. The van der Waals surface area contributed by atoms with Crippen molar-refractivity contribution in [1.29, 1.82) is 0 Å². The lowest BCUT2D eigenvalue weighted by Crippen LogP contribution is -2.60. The number of rotatable bonds is 10. The number of anilines is 2. The lowest BCUT2D eigenvalue weighted by Gasteiger charge is -2.47. The van der Waals surface area contributed by atoms with Gasteiger partial charge in [-0.15, -0.1) is 0 Å². The number of nitrogens with one attached hydrogen (secondary N) is 2. The van der Waals surface area contributed by atoms with Crippen molar-refractivity contribution in [2.24, 2.45) is 0 Å². The fraction of sp³-hybridized carbons (Fsp3) is 0.415. The van der Waals surface area contributed by atoms with E-state index in [-0.39, 0.29) is 55.1 Å². The lowest BCUT2D eigenvalue weighted by molar-refractivity contribution is -0.136. The first-order chi connectivity index (χ1) is 27.9. The summed E-state index contributed by atoms with van der Waals surface area (Å²) >= 11 is 0. The number of fused-ring (bicyclic) bond motifs is 3. The van der Waals surface area contributed by atoms with Crippen LogP contribution in [0.15, 0.2) is 55.0 Å². The summed E-state index contributed by atoms with van der Waals surface area (Å²) in [7, 11) is 0. The highest BCUT2D eigenvalue weighted by molar-refractivity contribution is 6.23. The van der Waals surface area contributed by atoms with E-state index in [1.165, 1.54) is 10.7 Å². The normalized spacial score (nSPS) is 20.8. The molecule has 2 N–H and O–H groups in total. The van der Waals surface area contributed by atoms with Gasteiger partial charge in [-0.3, -0.25) is 39.0 Å². The Morgan fingerprint density at radius 3 is 2.53 bits per heavy atom. The Bertz CT molecular complexity index is 2400. The highest BCUT2D eigenvalue weighted by Crippen LogP contribution is 2.39. The second-order valence-electron chi connectivity index (χ2n) is 16.0. The molecule has 3 fully saturated rings. The molecule has 58 heavy (non-hydrogen) atoms. The Hall–Kier alpha value is -6.23. The largest absolute Gasteiger partial charge is 0.489 e. The molecule has 16 nitrogen and oxygen atoms in total.